The van der Waals surface area contributed by atoms with Crippen molar-refractivity contribution in [3.05, 3.63) is 98.9 Å². The number of amides is 3. The highest BCUT2D eigenvalue weighted by atomic mass is 35.5. The van der Waals surface area contributed by atoms with Crippen molar-refractivity contribution in [2.45, 2.75) is 6.61 Å². The molecule has 0 radical (unpaired) electrons. The fourth-order valence-electron chi connectivity index (χ4n) is 3.17. The second-order valence-electron chi connectivity index (χ2n) is 7.24. The fourth-order valence-corrected chi connectivity index (χ4v) is 4.46. The molecule has 0 aliphatic carbocycles. The molecule has 1 aliphatic heterocycles. The Morgan fingerprint density at radius 1 is 1.00 bits per heavy atom. The minimum atomic E-state index is -0.534. The Morgan fingerprint density at radius 3 is 2.50 bits per heavy atom. The summed E-state index contributed by atoms with van der Waals surface area (Å²) in [5, 5.41) is 3.18. The predicted octanol–water partition coefficient (Wildman–Crippen LogP) is 6.25. The Balaban J connectivity index is 1.46. The molecule has 0 saturated carbocycles. The third kappa shape index (κ3) is 5.80. The van der Waals surface area contributed by atoms with Crippen LogP contribution >= 0.6 is 35.0 Å². The first-order chi connectivity index (χ1) is 16.4. The fraction of sp³-hybridized carbons (Fsp3) is 0.0800. The average Bonchev–Trinajstić information content (AvgIpc) is 3.07. The van der Waals surface area contributed by atoms with Crippen molar-refractivity contribution in [1.82, 2.24) is 4.90 Å². The lowest BCUT2D eigenvalue weighted by molar-refractivity contribution is -0.127. The van der Waals surface area contributed by atoms with E-state index in [1.165, 1.54) is 0 Å². The van der Waals surface area contributed by atoms with Gasteiger partial charge in [0.05, 0.1) is 4.91 Å². The van der Waals surface area contributed by atoms with Gasteiger partial charge in [-0.1, -0.05) is 65.7 Å². The Kier molecular flexibility index (Phi) is 7.57. The largest absolute Gasteiger partial charge is 0.488 e. The summed E-state index contributed by atoms with van der Waals surface area (Å²) in [5.41, 5.74) is 1.96. The molecule has 1 saturated heterocycles. The molecular weight excluding hydrogens is 495 g/mol. The number of imide groups is 1. The summed E-state index contributed by atoms with van der Waals surface area (Å²) in [4.78, 5) is 38.7. The van der Waals surface area contributed by atoms with Crippen molar-refractivity contribution in [3.63, 3.8) is 0 Å². The van der Waals surface area contributed by atoms with Crippen LogP contribution in [0.5, 0.6) is 5.75 Å². The SMILES string of the molecule is O=C(CN1C(=O)S/C(=C/c2ccccc2OCc2ccc(Cl)cc2Cl)C1=O)Nc1ccccc1. The molecule has 3 aromatic rings. The van der Waals surface area contributed by atoms with Crippen LogP contribution in [0.1, 0.15) is 11.1 Å². The molecule has 1 aliphatic rings. The van der Waals surface area contributed by atoms with E-state index in [4.69, 9.17) is 27.9 Å². The molecule has 0 unspecified atom stereocenters. The lowest BCUT2D eigenvalue weighted by atomic mass is 10.1. The molecule has 0 spiro atoms. The average molecular weight is 513 g/mol. The number of carbonyl (C=O) groups is 3. The van der Waals surface area contributed by atoms with Gasteiger partial charge in [-0.15, -0.1) is 0 Å². The molecule has 1 heterocycles. The van der Waals surface area contributed by atoms with E-state index in [2.05, 4.69) is 5.32 Å². The number of nitrogens with zero attached hydrogens (tertiary/aromatic N) is 1. The van der Waals surface area contributed by atoms with Crippen molar-refractivity contribution >= 4 is 63.8 Å². The molecule has 34 heavy (non-hydrogen) atoms. The minimum absolute atomic E-state index is 0.196. The summed E-state index contributed by atoms with van der Waals surface area (Å²) in [5.74, 6) is -0.478. The summed E-state index contributed by atoms with van der Waals surface area (Å²) >= 11 is 12.9. The summed E-state index contributed by atoms with van der Waals surface area (Å²) < 4.78 is 5.92. The Morgan fingerprint density at radius 2 is 1.74 bits per heavy atom. The van der Waals surface area contributed by atoms with Gasteiger partial charge in [-0.05, 0) is 48.2 Å². The number of ether oxygens (including phenoxy) is 1. The van der Waals surface area contributed by atoms with Crippen molar-refractivity contribution in [1.29, 1.82) is 0 Å². The first kappa shape index (κ1) is 23.9. The van der Waals surface area contributed by atoms with Crippen LogP contribution in [-0.2, 0) is 16.2 Å². The van der Waals surface area contributed by atoms with E-state index in [1.807, 2.05) is 6.07 Å². The van der Waals surface area contributed by atoms with Gasteiger partial charge in [0, 0.05) is 26.9 Å². The van der Waals surface area contributed by atoms with Crippen molar-refractivity contribution in [2.24, 2.45) is 0 Å². The van der Waals surface area contributed by atoms with Gasteiger partial charge in [-0.2, -0.15) is 0 Å². The third-order valence-electron chi connectivity index (χ3n) is 4.84. The van der Waals surface area contributed by atoms with Gasteiger partial charge >= 0.3 is 0 Å². The molecule has 3 amide bonds. The van der Waals surface area contributed by atoms with Crippen LogP contribution < -0.4 is 10.1 Å². The molecule has 4 rings (SSSR count). The maximum atomic E-state index is 12.8. The second kappa shape index (κ2) is 10.8. The van der Waals surface area contributed by atoms with Gasteiger partial charge in [0.2, 0.25) is 5.91 Å². The Labute approximate surface area is 210 Å². The first-order valence-corrected chi connectivity index (χ1v) is 11.7. The molecule has 1 fully saturated rings. The quantitative estimate of drug-likeness (QED) is 0.378. The Bertz CT molecular complexity index is 1280. The highest BCUT2D eigenvalue weighted by molar-refractivity contribution is 8.18. The van der Waals surface area contributed by atoms with Crippen LogP contribution in [-0.4, -0.2) is 28.5 Å². The van der Waals surface area contributed by atoms with Crippen molar-refractivity contribution < 1.29 is 19.1 Å². The van der Waals surface area contributed by atoms with E-state index in [-0.39, 0.29) is 18.1 Å². The molecule has 172 valence electrons. The standard InChI is InChI=1S/C25H18Cl2N2O4S/c26-18-11-10-17(20(27)13-18)15-33-21-9-5-4-6-16(21)12-22-24(31)29(25(32)34-22)14-23(30)28-19-7-2-1-3-8-19/h1-13H,14-15H2,(H,28,30)/b22-12+. The number of hydrogen-bond acceptors (Lipinski definition) is 5. The second-order valence-corrected chi connectivity index (χ2v) is 9.08. The van der Waals surface area contributed by atoms with Gasteiger partial charge in [0.25, 0.3) is 11.1 Å². The zero-order chi connectivity index (χ0) is 24.1. The van der Waals surface area contributed by atoms with Gasteiger partial charge in [-0.3, -0.25) is 19.3 Å². The lowest BCUT2D eigenvalue weighted by Gasteiger charge is -2.12. The van der Waals surface area contributed by atoms with E-state index in [1.54, 1.807) is 72.8 Å². The molecule has 0 aromatic heterocycles. The van der Waals surface area contributed by atoms with Crippen LogP contribution in [0.25, 0.3) is 6.08 Å². The zero-order valence-electron chi connectivity index (χ0n) is 17.7. The van der Waals surface area contributed by atoms with Crippen molar-refractivity contribution in [2.75, 3.05) is 11.9 Å². The number of rotatable bonds is 7. The highest BCUT2D eigenvalue weighted by Crippen LogP contribution is 2.34. The number of hydrogen-bond donors (Lipinski definition) is 1. The van der Waals surface area contributed by atoms with E-state index in [0.29, 0.717) is 27.0 Å². The van der Waals surface area contributed by atoms with Crippen LogP contribution in [0.4, 0.5) is 10.5 Å². The number of nitrogens with one attached hydrogen (secondary N) is 1. The number of carbonyl (C=O) groups excluding carboxylic acids is 3. The summed E-state index contributed by atoms with van der Waals surface area (Å²) in [6, 6.07) is 21.1. The number of para-hydroxylation sites is 2. The monoisotopic (exact) mass is 512 g/mol. The van der Waals surface area contributed by atoms with Gasteiger partial charge in [0.1, 0.15) is 18.9 Å². The molecule has 3 aromatic carbocycles. The first-order valence-electron chi connectivity index (χ1n) is 10.2. The molecule has 1 N–H and O–H groups in total. The van der Waals surface area contributed by atoms with Gasteiger partial charge < -0.3 is 10.1 Å². The van der Waals surface area contributed by atoms with Gasteiger partial charge in [0.15, 0.2) is 0 Å². The van der Waals surface area contributed by atoms with E-state index >= 15 is 0 Å². The predicted molar refractivity (Wildman–Crippen MR) is 135 cm³/mol. The summed E-state index contributed by atoms with van der Waals surface area (Å²) in [6.07, 6.45) is 1.58. The Hall–Kier alpha value is -3.26. The third-order valence-corrected chi connectivity index (χ3v) is 6.33. The number of benzene rings is 3. The normalized spacial score (nSPS) is 14.5. The lowest BCUT2D eigenvalue weighted by Crippen LogP contribution is -2.36. The van der Waals surface area contributed by atoms with Crippen molar-refractivity contribution in [3.8, 4) is 5.75 Å². The minimum Gasteiger partial charge on any atom is -0.488 e. The van der Waals surface area contributed by atoms with E-state index in [9.17, 15) is 14.4 Å². The van der Waals surface area contributed by atoms with Gasteiger partial charge in [-0.25, -0.2) is 0 Å². The summed E-state index contributed by atoms with van der Waals surface area (Å²) in [7, 11) is 0. The van der Waals surface area contributed by atoms with Crippen LogP contribution in [0.15, 0.2) is 77.7 Å². The van der Waals surface area contributed by atoms with E-state index < -0.39 is 17.1 Å². The maximum absolute atomic E-state index is 12.8. The molecular formula is C25H18Cl2N2O4S. The highest BCUT2D eigenvalue weighted by Gasteiger charge is 2.36. The number of halogens is 2. The summed E-state index contributed by atoms with van der Waals surface area (Å²) in [6.45, 7) is -0.174. The van der Waals surface area contributed by atoms with Crippen LogP contribution in [0.2, 0.25) is 10.0 Å². The topological polar surface area (TPSA) is 75.7 Å². The number of thioether (sulfide) groups is 1. The number of anilines is 1. The van der Waals surface area contributed by atoms with Crippen LogP contribution in [0, 0.1) is 0 Å². The molecule has 0 bridgehead atoms. The molecule has 6 nitrogen and oxygen atoms in total. The molecule has 0 atom stereocenters. The molecule has 9 heteroatoms. The van der Waals surface area contributed by atoms with E-state index in [0.717, 1.165) is 22.2 Å². The maximum Gasteiger partial charge on any atom is 0.294 e. The smallest absolute Gasteiger partial charge is 0.294 e. The zero-order valence-corrected chi connectivity index (χ0v) is 20.0. The van der Waals surface area contributed by atoms with Crippen LogP contribution in [0.3, 0.4) is 0 Å².